The van der Waals surface area contributed by atoms with Crippen molar-refractivity contribution >= 4 is 0 Å². The predicted octanol–water partition coefficient (Wildman–Crippen LogP) is 0.235. The lowest BCUT2D eigenvalue weighted by Crippen LogP contribution is -2.55. The molecule has 0 amide bonds. The quantitative estimate of drug-likeness (QED) is 0.748. The summed E-state index contributed by atoms with van der Waals surface area (Å²) in [7, 11) is 4.46. The minimum absolute atomic E-state index is 0.245. The maximum absolute atomic E-state index is 5.86. The van der Waals surface area contributed by atoms with E-state index in [1.807, 2.05) is 0 Å². The summed E-state index contributed by atoms with van der Waals surface area (Å²) in [6.07, 6.45) is 2.72. The van der Waals surface area contributed by atoms with Gasteiger partial charge in [0.2, 0.25) is 0 Å². The van der Waals surface area contributed by atoms with E-state index in [0.29, 0.717) is 0 Å². The molecule has 2 aliphatic heterocycles. The molecule has 0 spiro atoms. The summed E-state index contributed by atoms with van der Waals surface area (Å²) in [6.45, 7) is 7.24. The van der Waals surface area contributed by atoms with Crippen molar-refractivity contribution in [2.45, 2.75) is 12.8 Å². The Balaban J connectivity index is 1.74. The normalized spacial score (nSPS) is 29.3. The molecule has 2 N–H and O–H groups in total. The number of likely N-dealkylation sites (tertiary alicyclic amines) is 1. The zero-order chi connectivity index (χ0) is 12.3. The highest BCUT2D eigenvalue weighted by Gasteiger charge is 2.38. The fourth-order valence-corrected chi connectivity index (χ4v) is 3.16. The Morgan fingerprint density at radius 2 is 2.24 bits per heavy atom. The van der Waals surface area contributed by atoms with Gasteiger partial charge in [0, 0.05) is 31.6 Å². The Morgan fingerprint density at radius 3 is 2.76 bits per heavy atom. The van der Waals surface area contributed by atoms with Crippen LogP contribution in [0, 0.1) is 11.3 Å². The summed E-state index contributed by atoms with van der Waals surface area (Å²) in [6, 6.07) is 0. The van der Waals surface area contributed by atoms with E-state index in [1.54, 1.807) is 0 Å². The van der Waals surface area contributed by atoms with Gasteiger partial charge < -0.3 is 20.3 Å². The summed E-state index contributed by atoms with van der Waals surface area (Å²) >= 11 is 0. The van der Waals surface area contributed by atoms with Crippen LogP contribution in [0.4, 0.5) is 0 Å². The van der Waals surface area contributed by atoms with Gasteiger partial charge in [-0.05, 0) is 39.4 Å². The molecule has 0 aromatic carbocycles. The maximum Gasteiger partial charge on any atom is 0.0569 e. The molecule has 1 atom stereocenters. The second-order valence-corrected chi connectivity index (χ2v) is 6.16. The molecule has 1 unspecified atom stereocenters. The molecule has 17 heavy (non-hydrogen) atoms. The number of ether oxygens (including phenoxy) is 1. The lowest BCUT2D eigenvalue weighted by Gasteiger charge is -2.44. The Hall–Kier alpha value is -0.160. The molecule has 4 nitrogen and oxygen atoms in total. The topological polar surface area (TPSA) is 41.7 Å². The minimum Gasteiger partial charge on any atom is -0.380 e. The molecule has 0 bridgehead atoms. The third kappa shape index (κ3) is 3.41. The van der Waals surface area contributed by atoms with Gasteiger partial charge in [0.15, 0.2) is 0 Å². The van der Waals surface area contributed by atoms with E-state index < -0.39 is 0 Å². The molecule has 2 heterocycles. The van der Waals surface area contributed by atoms with Gasteiger partial charge in [0.1, 0.15) is 0 Å². The van der Waals surface area contributed by atoms with E-state index in [1.165, 1.54) is 32.5 Å². The van der Waals surface area contributed by atoms with Crippen molar-refractivity contribution in [1.82, 2.24) is 9.80 Å². The molecule has 2 rings (SSSR count). The van der Waals surface area contributed by atoms with Gasteiger partial charge >= 0.3 is 0 Å². The molecule has 100 valence electrons. The molecule has 0 aliphatic carbocycles. The van der Waals surface area contributed by atoms with Crippen molar-refractivity contribution in [3.05, 3.63) is 0 Å². The smallest absolute Gasteiger partial charge is 0.0569 e. The van der Waals surface area contributed by atoms with E-state index in [9.17, 15) is 0 Å². The first kappa shape index (κ1) is 13.3. The van der Waals surface area contributed by atoms with E-state index in [4.69, 9.17) is 10.5 Å². The summed E-state index contributed by atoms with van der Waals surface area (Å²) in [4.78, 5) is 4.91. The number of hydrogen-bond acceptors (Lipinski definition) is 4. The van der Waals surface area contributed by atoms with Gasteiger partial charge in [0.05, 0.1) is 13.2 Å². The molecule has 2 aliphatic rings. The molecular formula is C13H27N3O. The maximum atomic E-state index is 5.86. The molecule has 0 aromatic heterocycles. The van der Waals surface area contributed by atoms with Crippen LogP contribution in [-0.2, 0) is 4.74 Å². The number of nitrogens with two attached hydrogens (primary N) is 1. The van der Waals surface area contributed by atoms with E-state index in [0.717, 1.165) is 32.2 Å². The van der Waals surface area contributed by atoms with Gasteiger partial charge in [-0.25, -0.2) is 0 Å². The zero-order valence-corrected chi connectivity index (χ0v) is 11.3. The lowest BCUT2D eigenvalue weighted by molar-refractivity contribution is -0.119. The lowest BCUT2D eigenvalue weighted by atomic mass is 9.85. The van der Waals surface area contributed by atoms with Crippen LogP contribution in [0.1, 0.15) is 12.8 Å². The van der Waals surface area contributed by atoms with Gasteiger partial charge in [-0.15, -0.1) is 0 Å². The van der Waals surface area contributed by atoms with Gasteiger partial charge in [-0.2, -0.15) is 0 Å². The molecule has 0 radical (unpaired) electrons. The van der Waals surface area contributed by atoms with Gasteiger partial charge in [-0.1, -0.05) is 0 Å². The fraction of sp³-hybridized carbons (Fsp3) is 1.00. The minimum atomic E-state index is 0.245. The second kappa shape index (κ2) is 5.65. The van der Waals surface area contributed by atoms with E-state index >= 15 is 0 Å². The van der Waals surface area contributed by atoms with E-state index in [2.05, 4.69) is 23.9 Å². The molecule has 4 heteroatoms. The van der Waals surface area contributed by atoms with Crippen LogP contribution >= 0.6 is 0 Å². The van der Waals surface area contributed by atoms with E-state index in [-0.39, 0.29) is 5.41 Å². The summed E-state index contributed by atoms with van der Waals surface area (Å²) in [5.74, 6) is 0.828. The Labute approximate surface area is 105 Å². The van der Waals surface area contributed by atoms with Crippen LogP contribution in [0.3, 0.4) is 0 Å². The second-order valence-electron chi connectivity index (χ2n) is 6.16. The molecule has 2 saturated heterocycles. The van der Waals surface area contributed by atoms with Crippen molar-refractivity contribution in [2.75, 3.05) is 60.0 Å². The third-order valence-electron chi connectivity index (χ3n) is 4.15. The molecular weight excluding hydrogens is 214 g/mol. The molecule has 0 saturated carbocycles. The SMILES string of the molecule is CN1CCCC(CN(C)CC2(CN)COC2)C1. The van der Waals surface area contributed by atoms with Crippen LogP contribution in [0.5, 0.6) is 0 Å². The van der Waals surface area contributed by atoms with Crippen LogP contribution in [0.25, 0.3) is 0 Å². The van der Waals surface area contributed by atoms with Crippen molar-refractivity contribution in [2.24, 2.45) is 17.1 Å². The average Bonchev–Trinajstić information content (AvgIpc) is 2.23. The number of piperidine rings is 1. The summed E-state index contributed by atoms with van der Waals surface area (Å²) in [5.41, 5.74) is 6.10. The number of nitrogens with zero attached hydrogens (tertiary/aromatic N) is 2. The standard InChI is InChI=1S/C13H27N3O/c1-15-5-3-4-12(6-15)7-16(2)9-13(8-14)10-17-11-13/h12H,3-11,14H2,1-2H3. The highest BCUT2D eigenvalue weighted by molar-refractivity contribution is 4.89. The number of hydrogen-bond donors (Lipinski definition) is 1. The van der Waals surface area contributed by atoms with Crippen LogP contribution in [0.2, 0.25) is 0 Å². The summed E-state index contributed by atoms with van der Waals surface area (Å²) < 4.78 is 5.32. The first-order valence-corrected chi connectivity index (χ1v) is 6.78. The monoisotopic (exact) mass is 241 g/mol. The average molecular weight is 241 g/mol. The predicted molar refractivity (Wildman–Crippen MR) is 70.0 cm³/mol. The van der Waals surface area contributed by atoms with Crippen LogP contribution < -0.4 is 5.73 Å². The fourth-order valence-electron chi connectivity index (χ4n) is 3.16. The first-order chi connectivity index (χ1) is 8.13. The van der Waals surface area contributed by atoms with Crippen molar-refractivity contribution in [1.29, 1.82) is 0 Å². The number of rotatable bonds is 5. The van der Waals surface area contributed by atoms with Gasteiger partial charge in [0.25, 0.3) is 0 Å². The summed E-state index contributed by atoms with van der Waals surface area (Å²) in [5, 5.41) is 0. The van der Waals surface area contributed by atoms with Gasteiger partial charge in [-0.3, -0.25) is 0 Å². The highest BCUT2D eigenvalue weighted by Crippen LogP contribution is 2.27. The zero-order valence-electron chi connectivity index (χ0n) is 11.3. The Bertz CT molecular complexity index is 237. The van der Waals surface area contributed by atoms with Crippen LogP contribution in [-0.4, -0.2) is 69.8 Å². The van der Waals surface area contributed by atoms with Crippen molar-refractivity contribution < 1.29 is 4.74 Å². The highest BCUT2D eigenvalue weighted by atomic mass is 16.5. The third-order valence-corrected chi connectivity index (χ3v) is 4.15. The largest absolute Gasteiger partial charge is 0.380 e. The van der Waals surface area contributed by atoms with Crippen LogP contribution in [0.15, 0.2) is 0 Å². The molecule has 0 aromatic rings. The van der Waals surface area contributed by atoms with Crippen molar-refractivity contribution in [3.63, 3.8) is 0 Å². The van der Waals surface area contributed by atoms with Crippen molar-refractivity contribution in [3.8, 4) is 0 Å². The molecule has 2 fully saturated rings. The first-order valence-electron chi connectivity index (χ1n) is 6.78. The Morgan fingerprint density at radius 1 is 1.47 bits per heavy atom. The Kier molecular flexibility index (Phi) is 4.42.